The highest BCUT2D eigenvalue weighted by Crippen LogP contribution is 2.17. The number of nitro benzene ring substituents is 1. The second kappa shape index (κ2) is 5.52. The van der Waals surface area contributed by atoms with E-state index in [-0.39, 0.29) is 17.8 Å². The Hall–Kier alpha value is -2.70. The normalized spacial score (nSPS) is 10.3. The molecule has 20 heavy (non-hydrogen) atoms. The topological polar surface area (TPSA) is 90.1 Å². The quantitative estimate of drug-likeness (QED) is 0.676. The number of rotatable bonds is 4. The van der Waals surface area contributed by atoms with E-state index in [1.54, 1.807) is 16.9 Å². The number of hydrogen-bond donors (Lipinski definition) is 1. The molecular formula is C13H14N4O3. The molecule has 7 heteroatoms. The van der Waals surface area contributed by atoms with Crippen LogP contribution in [-0.4, -0.2) is 20.6 Å². The lowest BCUT2D eigenvalue weighted by Gasteiger charge is -2.05. The molecule has 0 aliphatic rings. The molecule has 0 fully saturated rings. The van der Waals surface area contributed by atoms with Crippen LogP contribution in [0.5, 0.6) is 0 Å². The minimum absolute atomic E-state index is 0.0547. The van der Waals surface area contributed by atoms with Gasteiger partial charge in [0.25, 0.3) is 11.6 Å². The third-order valence-corrected chi connectivity index (χ3v) is 3.12. The highest BCUT2D eigenvalue weighted by molar-refractivity contribution is 5.98. The van der Waals surface area contributed by atoms with Crippen molar-refractivity contribution in [2.24, 2.45) is 7.05 Å². The highest BCUT2D eigenvalue weighted by atomic mass is 16.6. The highest BCUT2D eigenvalue weighted by Gasteiger charge is 2.19. The molecule has 1 aromatic carbocycles. The standard InChI is InChI=1S/C13H14N4O3/c1-9-10(8-15-16(9)2)7-14-13(18)11-5-3-4-6-12(11)17(19)20/h3-6,8H,7H2,1-2H3,(H,14,18). The second-order valence-electron chi connectivity index (χ2n) is 4.34. The van der Waals surface area contributed by atoms with Crippen molar-refractivity contribution in [3.8, 4) is 0 Å². The van der Waals surface area contributed by atoms with Crippen LogP contribution in [-0.2, 0) is 13.6 Å². The summed E-state index contributed by atoms with van der Waals surface area (Å²) in [6.45, 7) is 2.17. The molecular weight excluding hydrogens is 260 g/mol. The molecule has 0 saturated heterocycles. The number of amides is 1. The van der Waals surface area contributed by atoms with Crippen LogP contribution < -0.4 is 5.32 Å². The fraction of sp³-hybridized carbons (Fsp3) is 0.231. The summed E-state index contributed by atoms with van der Waals surface area (Å²) in [7, 11) is 1.81. The first-order chi connectivity index (χ1) is 9.50. The number of benzene rings is 1. The van der Waals surface area contributed by atoms with Gasteiger partial charge in [0, 0.05) is 30.9 Å². The lowest BCUT2D eigenvalue weighted by Crippen LogP contribution is -2.23. The lowest BCUT2D eigenvalue weighted by atomic mass is 10.1. The number of nitro groups is 1. The molecule has 0 bridgehead atoms. The van der Waals surface area contributed by atoms with Crippen LogP contribution in [0.4, 0.5) is 5.69 Å². The van der Waals surface area contributed by atoms with E-state index in [4.69, 9.17) is 0 Å². The summed E-state index contributed by atoms with van der Waals surface area (Å²) in [6, 6.07) is 5.87. The van der Waals surface area contributed by atoms with Crippen molar-refractivity contribution < 1.29 is 9.72 Å². The van der Waals surface area contributed by atoms with E-state index in [2.05, 4.69) is 10.4 Å². The summed E-state index contributed by atoms with van der Waals surface area (Å²) in [6.07, 6.45) is 1.66. The smallest absolute Gasteiger partial charge is 0.282 e. The van der Waals surface area contributed by atoms with Crippen LogP contribution in [0, 0.1) is 17.0 Å². The molecule has 1 aromatic heterocycles. The molecule has 104 valence electrons. The van der Waals surface area contributed by atoms with Crippen molar-refractivity contribution in [2.75, 3.05) is 0 Å². The molecule has 0 spiro atoms. The van der Waals surface area contributed by atoms with Gasteiger partial charge in [0.1, 0.15) is 5.56 Å². The molecule has 0 unspecified atom stereocenters. The van der Waals surface area contributed by atoms with Gasteiger partial charge in [0.2, 0.25) is 0 Å². The Kier molecular flexibility index (Phi) is 3.79. The van der Waals surface area contributed by atoms with Gasteiger partial charge < -0.3 is 5.32 Å². The Bertz CT molecular complexity index is 663. The summed E-state index contributed by atoms with van der Waals surface area (Å²) >= 11 is 0. The molecule has 2 aromatic rings. The Morgan fingerprint density at radius 1 is 1.45 bits per heavy atom. The zero-order valence-electron chi connectivity index (χ0n) is 11.2. The number of carbonyl (C=O) groups is 1. The number of nitrogens with one attached hydrogen (secondary N) is 1. The molecule has 1 heterocycles. The minimum Gasteiger partial charge on any atom is -0.348 e. The predicted octanol–water partition coefficient (Wildman–Crippen LogP) is 1.57. The van der Waals surface area contributed by atoms with Crippen molar-refractivity contribution >= 4 is 11.6 Å². The summed E-state index contributed by atoms with van der Waals surface area (Å²) in [5, 5.41) is 17.6. The molecule has 0 atom stereocenters. The summed E-state index contributed by atoms with van der Waals surface area (Å²) in [5.74, 6) is -0.472. The average Bonchev–Trinajstić information content (AvgIpc) is 2.76. The monoisotopic (exact) mass is 274 g/mol. The fourth-order valence-corrected chi connectivity index (χ4v) is 1.81. The van der Waals surface area contributed by atoms with Gasteiger partial charge >= 0.3 is 0 Å². The lowest BCUT2D eigenvalue weighted by molar-refractivity contribution is -0.385. The van der Waals surface area contributed by atoms with Crippen molar-refractivity contribution in [1.29, 1.82) is 0 Å². The van der Waals surface area contributed by atoms with Gasteiger partial charge in [0.15, 0.2) is 0 Å². The maximum absolute atomic E-state index is 12.0. The van der Waals surface area contributed by atoms with Crippen molar-refractivity contribution in [3.05, 3.63) is 57.4 Å². The maximum atomic E-state index is 12.0. The van der Waals surface area contributed by atoms with E-state index < -0.39 is 10.8 Å². The van der Waals surface area contributed by atoms with Crippen LogP contribution in [0.3, 0.4) is 0 Å². The van der Waals surface area contributed by atoms with Crippen LogP contribution in [0.15, 0.2) is 30.5 Å². The van der Waals surface area contributed by atoms with Crippen LogP contribution in [0.2, 0.25) is 0 Å². The van der Waals surface area contributed by atoms with Crippen LogP contribution >= 0.6 is 0 Å². The number of para-hydroxylation sites is 1. The van der Waals surface area contributed by atoms with E-state index in [0.717, 1.165) is 11.3 Å². The number of carbonyl (C=O) groups excluding carboxylic acids is 1. The Morgan fingerprint density at radius 3 is 2.75 bits per heavy atom. The molecule has 2 rings (SSSR count). The minimum atomic E-state index is -0.565. The zero-order chi connectivity index (χ0) is 14.7. The average molecular weight is 274 g/mol. The number of aryl methyl sites for hydroxylation is 1. The first-order valence-electron chi connectivity index (χ1n) is 6.00. The van der Waals surface area contributed by atoms with Crippen LogP contribution in [0.25, 0.3) is 0 Å². The van der Waals surface area contributed by atoms with Crippen LogP contribution in [0.1, 0.15) is 21.6 Å². The Balaban J connectivity index is 2.13. The van der Waals surface area contributed by atoms with Gasteiger partial charge in [-0.15, -0.1) is 0 Å². The Labute approximate surface area is 115 Å². The molecule has 1 amide bonds. The largest absolute Gasteiger partial charge is 0.348 e. The molecule has 0 aliphatic heterocycles. The molecule has 0 aliphatic carbocycles. The van der Waals surface area contributed by atoms with Gasteiger partial charge in [-0.1, -0.05) is 12.1 Å². The predicted molar refractivity (Wildman–Crippen MR) is 72.2 cm³/mol. The van der Waals surface area contributed by atoms with Gasteiger partial charge in [-0.2, -0.15) is 5.10 Å². The third-order valence-electron chi connectivity index (χ3n) is 3.12. The SMILES string of the molecule is Cc1c(CNC(=O)c2ccccc2[N+](=O)[O-])cnn1C. The van der Waals surface area contributed by atoms with E-state index in [0.29, 0.717) is 0 Å². The molecule has 0 saturated carbocycles. The Morgan fingerprint density at radius 2 is 2.15 bits per heavy atom. The van der Waals surface area contributed by atoms with E-state index in [1.807, 2.05) is 14.0 Å². The van der Waals surface area contributed by atoms with Gasteiger partial charge in [-0.3, -0.25) is 19.6 Å². The van der Waals surface area contributed by atoms with E-state index >= 15 is 0 Å². The third kappa shape index (κ3) is 2.66. The van der Waals surface area contributed by atoms with Gasteiger partial charge in [-0.05, 0) is 13.0 Å². The second-order valence-corrected chi connectivity index (χ2v) is 4.34. The van der Waals surface area contributed by atoms with Crippen molar-refractivity contribution in [1.82, 2.24) is 15.1 Å². The van der Waals surface area contributed by atoms with Gasteiger partial charge in [0.05, 0.1) is 11.1 Å². The first kappa shape index (κ1) is 13.7. The first-order valence-corrected chi connectivity index (χ1v) is 6.00. The molecule has 1 N–H and O–H groups in total. The van der Waals surface area contributed by atoms with Crippen molar-refractivity contribution in [2.45, 2.75) is 13.5 Å². The number of nitrogens with zero attached hydrogens (tertiary/aromatic N) is 3. The van der Waals surface area contributed by atoms with E-state index in [9.17, 15) is 14.9 Å². The molecule has 7 nitrogen and oxygen atoms in total. The van der Waals surface area contributed by atoms with Gasteiger partial charge in [-0.25, -0.2) is 0 Å². The number of hydrogen-bond acceptors (Lipinski definition) is 4. The zero-order valence-corrected chi connectivity index (χ0v) is 11.2. The number of aromatic nitrogens is 2. The summed E-state index contributed by atoms with van der Waals surface area (Å²) in [4.78, 5) is 22.3. The van der Waals surface area contributed by atoms with Crippen molar-refractivity contribution in [3.63, 3.8) is 0 Å². The maximum Gasteiger partial charge on any atom is 0.282 e. The summed E-state index contributed by atoms with van der Waals surface area (Å²) < 4.78 is 1.70. The van der Waals surface area contributed by atoms with E-state index in [1.165, 1.54) is 18.2 Å². The summed E-state index contributed by atoms with van der Waals surface area (Å²) in [5.41, 5.74) is 1.67. The molecule has 0 radical (unpaired) electrons. The fourth-order valence-electron chi connectivity index (χ4n) is 1.81.